The molecular weight excluding hydrogens is 567 g/mol. The number of anilines is 3. The molecule has 2 aromatic heterocycles. The van der Waals surface area contributed by atoms with Crippen molar-refractivity contribution in [3.8, 4) is 22.3 Å². The highest BCUT2D eigenvalue weighted by Crippen LogP contribution is 2.48. The minimum atomic E-state index is 0.917. The van der Waals surface area contributed by atoms with E-state index >= 15 is 0 Å². The Balaban J connectivity index is 1.31. The van der Waals surface area contributed by atoms with Crippen molar-refractivity contribution < 1.29 is 4.42 Å². The van der Waals surface area contributed by atoms with E-state index in [1.165, 1.54) is 42.4 Å². The van der Waals surface area contributed by atoms with Crippen LogP contribution in [-0.4, -0.2) is 0 Å². The second kappa shape index (κ2) is 10.5. The molecule has 0 aliphatic rings. The Morgan fingerprint density at radius 3 is 1.87 bits per heavy atom. The van der Waals surface area contributed by atoms with E-state index in [-0.39, 0.29) is 0 Å². The summed E-state index contributed by atoms with van der Waals surface area (Å²) in [5, 5.41) is 4.68. The van der Waals surface area contributed by atoms with Crippen LogP contribution >= 0.6 is 11.3 Å². The van der Waals surface area contributed by atoms with E-state index in [0.717, 1.165) is 39.0 Å². The van der Waals surface area contributed by atoms with Crippen LogP contribution in [0.5, 0.6) is 0 Å². The van der Waals surface area contributed by atoms with Gasteiger partial charge >= 0.3 is 0 Å². The maximum absolute atomic E-state index is 6.61. The van der Waals surface area contributed by atoms with Gasteiger partial charge in [-0.3, -0.25) is 0 Å². The third-order valence-electron chi connectivity index (χ3n) is 8.67. The van der Waals surface area contributed by atoms with Crippen molar-refractivity contribution in [1.29, 1.82) is 0 Å². The van der Waals surface area contributed by atoms with Crippen LogP contribution in [0.3, 0.4) is 0 Å². The maximum atomic E-state index is 6.61. The highest BCUT2D eigenvalue weighted by atomic mass is 32.1. The van der Waals surface area contributed by atoms with E-state index in [1.54, 1.807) is 0 Å². The summed E-state index contributed by atoms with van der Waals surface area (Å²) in [7, 11) is 0. The fourth-order valence-corrected chi connectivity index (χ4v) is 7.69. The topological polar surface area (TPSA) is 16.4 Å². The van der Waals surface area contributed by atoms with Gasteiger partial charge in [-0.05, 0) is 76.9 Å². The number of nitrogens with zero attached hydrogens (tertiary/aromatic N) is 1. The van der Waals surface area contributed by atoms with Crippen molar-refractivity contribution in [2.45, 2.75) is 0 Å². The molecule has 2 nitrogen and oxygen atoms in total. The SMILES string of the molecule is c1ccc(-c2ccc(N(c3cccc(-c4ccccc4)c3)c3cccc4sc5ccc6c7ccccc7oc6c5c34)cc2)cc1. The number of para-hydroxylation sites is 1. The Labute approximate surface area is 265 Å². The molecule has 0 radical (unpaired) electrons. The first-order chi connectivity index (χ1) is 22.3. The van der Waals surface area contributed by atoms with E-state index in [2.05, 4.69) is 163 Å². The normalized spacial score (nSPS) is 11.6. The lowest BCUT2D eigenvalue weighted by Gasteiger charge is -2.27. The average Bonchev–Trinajstić information content (AvgIpc) is 3.69. The van der Waals surface area contributed by atoms with Gasteiger partial charge in [0.05, 0.1) is 5.69 Å². The van der Waals surface area contributed by atoms with Gasteiger partial charge in [-0.25, -0.2) is 0 Å². The third kappa shape index (κ3) is 4.32. The highest BCUT2D eigenvalue weighted by molar-refractivity contribution is 7.26. The molecule has 0 aliphatic carbocycles. The lowest BCUT2D eigenvalue weighted by molar-refractivity contribution is 0.673. The van der Waals surface area contributed by atoms with Gasteiger partial charge in [-0.1, -0.05) is 109 Å². The predicted molar refractivity (Wildman–Crippen MR) is 192 cm³/mol. The van der Waals surface area contributed by atoms with Crippen molar-refractivity contribution in [1.82, 2.24) is 0 Å². The van der Waals surface area contributed by atoms with Gasteiger partial charge in [0, 0.05) is 42.3 Å². The molecule has 0 saturated carbocycles. The highest BCUT2D eigenvalue weighted by Gasteiger charge is 2.22. The summed E-state index contributed by atoms with van der Waals surface area (Å²) in [6.07, 6.45) is 0. The molecule has 45 heavy (non-hydrogen) atoms. The van der Waals surface area contributed by atoms with Gasteiger partial charge in [0.1, 0.15) is 11.2 Å². The third-order valence-corrected chi connectivity index (χ3v) is 9.79. The summed E-state index contributed by atoms with van der Waals surface area (Å²) in [6.45, 7) is 0. The van der Waals surface area contributed by atoms with E-state index in [1.807, 2.05) is 17.4 Å². The first-order valence-corrected chi connectivity index (χ1v) is 16.0. The minimum absolute atomic E-state index is 0.917. The molecule has 0 N–H and O–H groups in total. The van der Waals surface area contributed by atoms with E-state index < -0.39 is 0 Å². The lowest BCUT2D eigenvalue weighted by atomic mass is 10.0. The number of thiophene rings is 1. The molecule has 3 heteroatoms. The van der Waals surface area contributed by atoms with Crippen LogP contribution in [0.1, 0.15) is 0 Å². The summed E-state index contributed by atoms with van der Waals surface area (Å²) < 4.78 is 9.07. The quantitative estimate of drug-likeness (QED) is 0.197. The summed E-state index contributed by atoms with van der Waals surface area (Å²) in [6, 6.07) is 58.4. The largest absolute Gasteiger partial charge is 0.455 e. The molecule has 0 atom stereocenters. The van der Waals surface area contributed by atoms with Gasteiger partial charge in [0.25, 0.3) is 0 Å². The Kier molecular flexibility index (Phi) is 6.03. The van der Waals surface area contributed by atoms with Crippen molar-refractivity contribution in [3.63, 3.8) is 0 Å². The molecule has 9 aromatic rings. The number of hydrogen-bond acceptors (Lipinski definition) is 3. The van der Waals surface area contributed by atoms with E-state index in [4.69, 9.17) is 4.42 Å². The molecule has 0 saturated heterocycles. The van der Waals surface area contributed by atoms with Crippen LogP contribution in [0.2, 0.25) is 0 Å². The predicted octanol–water partition coefficient (Wildman–Crippen LogP) is 12.8. The first-order valence-electron chi connectivity index (χ1n) is 15.2. The number of rotatable bonds is 5. The maximum Gasteiger partial charge on any atom is 0.144 e. The zero-order valence-electron chi connectivity index (χ0n) is 24.4. The van der Waals surface area contributed by atoms with E-state index in [0.29, 0.717) is 0 Å². The summed E-state index contributed by atoms with van der Waals surface area (Å²) in [4.78, 5) is 2.40. The van der Waals surface area contributed by atoms with Crippen molar-refractivity contribution in [2.75, 3.05) is 4.90 Å². The second-order valence-electron chi connectivity index (χ2n) is 11.3. The molecule has 212 valence electrons. The van der Waals surface area contributed by atoms with Gasteiger partial charge in [-0.2, -0.15) is 0 Å². The average molecular weight is 594 g/mol. The molecule has 0 aliphatic heterocycles. The van der Waals surface area contributed by atoms with Crippen LogP contribution < -0.4 is 4.90 Å². The van der Waals surface area contributed by atoms with Crippen LogP contribution in [0.25, 0.3) is 64.4 Å². The summed E-state index contributed by atoms with van der Waals surface area (Å²) in [5.41, 5.74) is 9.98. The van der Waals surface area contributed by atoms with Crippen LogP contribution in [0, 0.1) is 0 Å². The number of furan rings is 1. The Morgan fingerprint density at radius 1 is 0.422 bits per heavy atom. The van der Waals surface area contributed by atoms with Gasteiger partial charge in [0.2, 0.25) is 0 Å². The molecule has 0 fully saturated rings. The molecule has 0 amide bonds. The Bertz CT molecular complexity index is 2470. The monoisotopic (exact) mass is 593 g/mol. The number of fused-ring (bicyclic) bond motifs is 7. The molecule has 0 bridgehead atoms. The fraction of sp³-hybridized carbons (Fsp3) is 0. The zero-order chi connectivity index (χ0) is 29.7. The molecular formula is C42H27NOS. The number of hydrogen-bond donors (Lipinski definition) is 0. The van der Waals surface area contributed by atoms with Crippen LogP contribution in [0.4, 0.5) is 17.1 Å². The standard InChI is InChI=1S/C42H27NOS/c1-3-11-28(12-4-1)30-21-23-32(24-22-30)43(33-16-9-15-31(27-33)29-13-5-2-6-14-29)36-18-10-20-38-40(36)41-39(45-38)26-25-35-34-17-7-8-19-37(34)44-42(35)41/h1-27H. The van der Waals surface area contributed by atoms with Gasteiger partial charge < -0.3 is 9.32 Å². The van der Waals surface area contributed by atoms with Crippen molar-refractivity contribution in [3.05, 3.63) is 164 Å². The fourth-order valence-electron chi connectivity index (χ4n) is 6.57. The Hall–Kier alpha value is -5.64. The lowest BCUT2D eigenvalue weighted by Crippen LogP contribution is -2.10. The van der Waals surface area contributed by atoms with Crippen LogP contribution in [-0.2, 0) is 0 Å². The van der Waals surface area contributed by atoms with Crippen molar-refractivity contribution in [2.24, 2.45) is 0 Å². The molecule has 2 heterocycles. The molecule has 7 aromatic carbocycles. The molecule has 9 rings (SSSR count). The second-order valence-corrected chi connectivity index (χ2v) is 12.4. The Morgan fingerprint density at radius 2 is 1.07 bits per heavy atom. The first kappa shape index (κ1) is 25.8. The number of benzene rings is 7. The van der Waals surface area contributed by atoms with Crippen LogP contribution in [0.15, 0.2) is 168 Å². The van der Waals surface area contributed by atoms with E-state index in [9.17, 15) is 0 Å². The summed E-state index contributed by atoms with van der Waals surface area (Å²) in [5.74, 6) is 0. The zero-order valence-corrected chi connectivity index (χ0v) is 25.2. The van der Waals surface area contributed by atoms with Crippen molar-refractivity contribution >= 4 is 70.5 Å². The molecule has 0 unspecified atom stereocenters. The minimum Gasteiger partial charge on any atom is -0.455 e. The van der Waals surface area contributed by atoms with Gasteiger partial charge in [-0.15, -0.1) is 11.3 Å². The smallest absolute Gasteiger partial charge is 0.144 e. The summed E-state index contributed by atoms with van der Waals surface area (Å²) >= 11 is 1.82. The van der Waals surface area contributed by atoms with Gasteiger partial charge in [0.15, 0.2) is 0 Å². The molecule has 0 spiro atoms.